The van der Waals surface area contributed by atoms with Gasteiger partial charge in [-0.25, -0.2) is 0 Å². The predicted octanol–water partition coefficient (Wildman–Crippen LogP) is 0.0545. The summed E-state index contributed by atoms with van der Waals surface area (Å²) in [6, 6.07) is 0. The maximum absolute atomic E-state index is 10.3. The smallest absolute Gasteiger partial charge is 0.303 e. The number of aliphatic hydroxyl groups is 1. The van der Waals surface area contributed by atoms with Crippen LogP contribution in [0.15, 0.2) is 0 Å². The molecule has 4 N–H and O–H groups in total. The second-order valence-corrected chi connectivity index (χ2v) is 3.22. The van der Waals surface area contributed by atoms with Crippen molar-refractivity contribution >= 4 is 5.97 Å². The van der Waals surface area contributed by atoms with Gasteiger partial charge in [-0.2, -0.15) is 0 Å². The largest absolute Gasteiger partial charge is 0.481 e. The van der Waals surface area contributed by atoms with Gasteiger partial charge in [-0.3, -0.25) is 4.79 Å². The number of aliphatic carboxylic acids is 1. The Balaban J connectivity index is 3.74. The molecular weight excluding hydrogens is 158 g/mol. The maximum Gasteiger partial charge on any atom is 0.303 e. The Morgan fingerprint density at radius 1 is 1.58 bits per heavy atom. The fourth-order valence-corrected chi connectivity index (χ4v) is 1.15. The molecule has 0 aromatic carbocycles. The molecule has 0 rings (SSSR count). The molecule has 0 saturated heterocycles. The number of hydrogen-bond donors (Lipinski definition) is 3. The van der Waals surface area contributed by atoms with Gasteiger partial charge in [0.1, 0.15) is 0 Å². The summed E-state index contributed by atoms with van der Waals surface area (Å²) in [6.45, 7) is 2.34. The minimum absolute atomic E-state index is 0.00958. The van der Waals surface area contributed by atoms with E-state index in [4.69, 9.17) is 15.9 Å². The summed E-state index contributed by atoms with van der Waals surface area (Å²) in [5.41, 5.74) is 5.38. The number of hydrogen-bond acceptors (Lipinski definition) is 3. The lowest BCUT2D eigenvalue weighted by molar-refractivity contribution is -0.138. The van der Waals surface area contributed by atoms with Crippen molar-refractivity contribution in [3.63, 3.8) is 0 Å². The van der Waals surface area contributed by atoms with Crippen LogP contribution in [0.5, 0.6) is 0 Å². The summed E-state index contributed by atoms with van der Waals surface area (Å²) in [5, 5.41) is 17.2. The zero-order valence-corrected chi connectivity index (χ0v) is 7.36. The highest BCUT2D eigenvalue weighted by atomic mass is 16.4. The minimum atomic E-state index is -0.824. The van der Waals surface area contributed by atoms with Crippen molar-refractivity contribution in [1.82, 2.24) is 0 Å². The average molecular weight is 175 g/mol. The number of carboxylic acid groups (broad SMARTS) is 1. The van der Waals surface area contributed by atoms with Crippen molar-refractivity contribution in [3.05, 3.63) is 0 Å². The van der Waals surface area contributed by atoms with Gasteiger partial charge in [0.15, 0.2) is 0 Å². The van der Waals surface area contributed by atoms with Crippen molar-refractivity contribution in [2.45, 2.75) is 19.8 Å². The van der Waals surface area contributed by atoms with E-state index >= 15 is 0 Å². The number of rotatable bonds is 6. The van der Waals surface area contributed by atoms with E-state index in [9.17, 15) is 4.79 Å². The van der Waals surface area contributed by atoms with Crippen LogP contribution >= 0.6 is 0 Å². The standard InChI is InChI=1S/C8H17NO3/c1-6(5-10)2-7(4-9)3-8(11)12/h6-7,10H,2-5,9H2,1H3,(H,11,12). The van der Waals surface area contributed by atoms with Crippen LogP contribution in [0.3, 0.4) is 0 Å². The fraction of sp³-hybridized carbons (Fsp3) is 0.875. The quantitative estimate of drug-likeness (QED) is 0.532. The van der Waals surface area contributed by atoms with E-state index in [1.165, 1.54) is 0 Å². The third-order valence-corrected chi connectivity index (χ3v) is 1.84. The van der Waals surface area contributed by atoms with E-state index in [2.05, 4.69) is 0 Å². The van der Waals surface area contributed by atoms with E-state index in [1.54, 1.807) is 0 Å². The molecule has 72 valence electrons. The molecule has 0 saturated carbocycles. The second kappa shape index (κ2) is 5.97. The van der Waals surface area contributed by atoms with Crippen LogP contribution in [0, 0.1) is 11.8 Å². The molecule has 0 fully saturated rings. The lowest BCUT2D eigenvalue weighted by Crippen LogP contribution is -2.21. The van der Waals surface area contributed by atoms with Crippen LogP contribution in [0.1, 0.15) is 19.8 Å². The maximum atomic E-state index is 10.3. The fourth-order valence-electron chi connectivity index (χ4n) is 1.15. The number of aliphatic hydroxyl groups excluding tert-OH is 1. The van der Waals surface area contributed by atoms with Gasteiger partial charge >= 0.3 is 5.97 Å². The highest BCUT2D eigenvalue weighted by molar-refractivity contribution is 5.67. The number of carbonyl (C=O) groups is 1. The Labute approximate surface area is 72.4 Å². The van der Waals surface area contributed by atoms with Crippen LogP contribution in [-0.2, 0) is 4.79 Å². The first-order valence-electron chi connectivity index (χ1n) is 4.12. The first-order chi connectivity index (χ1) is 5.60. The molecule has 0 aromatic heterocycles. The monoisotopic (exact) mass is 175 g/mol. The summed E-state index contributed by atoms with van der Waals surface area (Å²) in [4.78, 5) is 10.3. The predicted molar refractivity (Wildman–Crippen MR) is 45.7 cm³/mol. The zero-order valence-electron chi connectivity index (χ0n) is 7.36. The van der Waals surface area contributed by atoms with E-state index < -0.39 is 5.97 Å². The van der Waals surface area contributed by atoms with Crippen LogP contribution in [0.25, 0.3) is 0 Å². The van der Waals surface area contributed by atoms with Crippen molar-refractivity contribution in [3.8, 4) is 0 Å². The van der Waals surface area contributed by atoms with E-state index in [0.29, 0.717) is 13.0 Å². The average Bonchev–Trinajstić information content (AvgIpc) is 2.02. The highest BCUT2D eigenvalue weighted by Gasteiger charge is 2.14. The molecule has 0 heterocycles. The van der Waals surface area contributed by atoms with E-state index in [0.717, 1.165) is 0 Å². The molecule has 4 nitrogen and oxygen atoms in total. The third kappa shape index (κ3) is 5.09. The van der Waals surface area contributed by atoms with Gasteiger partial charge in [0, 0.05) is 13.0 Å². The summed E-state index contributed by atoms with van der Waals surface area (Å²) < 4.78 is 0. The van der Waals surface area contributed by atoms with Crippen LogP contribution in [0.4, 0.5) is 0 Å². The molecule has 0 aliphatic rings. The summed E-state index contributed by atoms with van der Waals surface area (Å²) in [7, 11) is 0. The second-order valence-electron chi connectivity index (χ2n) is 3.22. The number of nitrogens with two attached hydrogens (primary N) is 1. The third-order valence-electron chi connectivity index (χ3n) is 1.84. The van der Waals surface area contributed by atoms with Crippen LogP contribution in [-0.4, -0.2) is 29.3 Å². The SMILES string of the molecule is CC(CO)CC(CN)CC(=O)O. The Hall–Kier alpha value is -0.610. The van der Waals surface area contributed by atoms with Gasteiger partial charge in [-0.05, 0) is 24.8 Å². The molecule has 0 aliphatic carbocycles. The van der Waals surface area contributed by atoms with Crippen LogP contribution in [0.2, 0.25) is 0 Å². The van der Waals surface area contributed by atoms with Gasteiger partial charge < -0.3 is 15.9 Å². The normalized spacial score (nSPS) is 15.6. The molecule has 0 radical (unpaired) electrons. The topological polar surface area (TPSA) is 83.5 Å². The lowest BCUT2D eigenvalue weighted by atomic mass is 9.94. The van der Waals surface area contributed by atoms with Gasteiger partial charge in [0.25, 0.3) is 0 Å². The van der Waals surface area contributed by atoms with Gasteiger partial charge in [-0.1, -0.05) is 6.92 Å². The summed E-state index contributed by atoms with van der Waals surface area (Å²) in [5.74, 6) is -0.696. The van der Waals surface area contributed by atoms with Crippen molar-refractivity contribution in [1.29, 1.82) is 0 Å². The Kier molecular flexibility index (Phi) is 5.66. The first-order valence-corrected chi connectivity index (χ1v) is 4.12. The minimum Gasteiger partial charge on any atom is -0.481 e. The Morgan fingerprint density at radius 3 is 2.50 bits per heavy atom. The molecule has 2 unspecified atom stereocenters. The van der Waals surface area contributed by atoms with E-state index in [-0.39, 0.29) is 24.9 Å². The molecule has 12 heavy (non-hydrogen) atoms. The van der Waals surface area contributed by atoms with Crippen molar-refractivity contribution < 1.29 is 15.0 Å². The molecule has 2 atom stereocenters. The van der Waals surface area contributed by atoms with Crippen LogP contribution < -0.4 is 5.73 Å². The zero-order chi connectivity index (χ0) is 9.56. The lowest BCUT2D eigenvalue weighted by Gasteiger charge is -2.15. The summed E-state index contributed by atoms with van der Waals surface area (Å²) in [6.07, 6.45) is 0.778. The Bertz CT molecular complexity index is 138. The molecular formula is C8H17NO3. The van der Waals surface area contributed by atoms with Gasteiger partial charge in [-0.15, -0.1) is 0 Å². The molecule has 0 bridgehead atoms. The van der Waals surface area contributed by atoms with Gasteiger partial charge in [0.2, 0.25) is 0 Å². The molecule has 0 amide bonds. The first kappa shape index (κ1) is 11.4. The molecule has 0 aromatic rings. The highest BCUT2D eigenvalue weighted by Crippen LogP contribution is 2.13. The molecule has 0 spiro atoms. The molecule has 4 heteroatoms. The van der Waals surface area contributed by atoms with E-state index in [1.807, 2.05) is 6.92 Å². The van der Waals surface area contributed by atoms with Gasteiger partial charge in [0.05, 0.1) is 0 Å². The van der Waals surface area contributed by atoms with Crippen molar-refractivity contribution in [2.24, 2.45) is 17.6 Å². The Morgan fingerprint density at radius 2 is 2.17 bits per heavy atom. The molecule has 0 aliphatic heterocycles. The summed E-state index contributed by atoms with van der Waals surface area (Å²) >= 11 is 0. The van der Waals surface area contributed by atoms with Crippen molar-refractivity contribution in [2.75, 3.05) is 13.2 Å². The number of carboxylic acids is 1.